The van der Waals surface area contributed by atoms with E-state index in [1.54, 1.807) is 10.9 Å². The lowest BCUT2D eigenvalue weighted by Crippen LogP contribution is -2.29. The number of imidazole rings is 1. The summed E-state index contributed by atoms with van der Waals surface area (Å²) >= 11 is 0. The van der Waals surface area contributed by atoms with Crippen molar-refractivity contribution in [2.75, 3.05) is 23.6 Å². The maximum Gasteiger partial charge on any atom is 0.350 e. The first-order valence-electron chi connectivity index (χ1n) is 8.31. The van der Waals surface area contributed by atoms with Crippen molar-refractivity contribution >= 4 is 30.5 Å². The van der Waals surface area contributed by atoms with Crippen LogP contribution in [0.5, 0.6) is 0 Å². The van der Waals surface area contributed by atoms with Gasteiger partial charge in [0, 0.05) is 18.6 Å². The van der Waals surface area contributed by atoms with Crippen molar-refractivity contribution in [3.63, 3.8) is 0 Å². The average molecular weight is 368 g/mol. The van der Waals surface area contributed by atoms with E-state index in [1.807, 2.05) is 0 Å². The molecule has 10 nitrogen and oxygen atoms in total. The first kappa shape index (κ1) is 16.7. The number of anilines is 2. The molecule has 0 aromatic carbocycles. The zero-order valence-corrected chi connectivity index (χ0v) is 14.5. The quantitative estimate of drug-likeness (QED) is 0.453. The van der Waals surface area contributed by atoms with Gasteiger partial charge in [0.15, 0.2) is 17.0 Å². The summed E-state index contributed by atoms with van der Waals surface area (Å²) in [5, 5.41) is 0. The SMILES string of the molecule is Nc1nc(N(C2CC2)C2CC2)c2ncn(CCOCP(=O)(O)O)c2n1. The molecule has 0 aliphatic heterocycles. The van der Waals surface area contributed by atoms with Crippen molar-refractivity contribution < 1.29 is 19.1 Å². The van der Waals surface area contributed by atoms with Crippen molar-refractivity contribution in [1.29, 1.82) is 0 Å². The molecular formula is C14H21N6O4P. The van der Waals surface area contributed by atoms with E-state index in [0.717, 1.165) is 5.82 Å². The Morgan fingerprint density at radius 1 is 1.28 bits per heavy atom. The normalized spacial score (nSPS) is 18.0. The third kappa shape index (κ3) is 3.77. The van der Waals surface area contributed by atoms with Gasteiger partial charge in [-0.2, -0.15) is 9.97 Å². The number of hydrogen-bond acceptors (Lipinski definition) is 7. The van der Waals surface area contributed by atoms with Gasteiger partial charge in [0.05, 0.1) is 12.9 Å². The van der Waals surface area contributed by atoms with Crippen LogP contribution < -0.4 is 10.6 Å². The highest BCUT2D eigenvalue weighted by Crippen LogP contribution is 2.42. The summed E-state index contributed by atoms with van der Waals surface area (Å²) < 4.78 is 17.6. The van der Waals surface area contributed by atoms with Crippen LogP contribution in [0.1, 0.15) is 25.7 Å². The predicted octanol–water partition coefficient (Wildman–Crippen LogP) is 0.691. The fourth-order valence-electron chi connectivity index (χ4n) is 2.99. The van der Waals surface area contributed by atoms with Crippen LogP contribution in [0.4, 0.5) is 11.8 Å². The molecule has 2 aromatic rings. The molecule has 0 saturated heterocycles. The van der Waals surface area contributed by atoms with Gasteiger partial charge >= 0.3 is 7.60 Å². The Hall–Kier alpha value is -1.74. The average Bonchev–Trinajstić information content (AvgIpc) is 3.44. The predicted molar refractivity (Wildman–Crippen MR) is 91.1 cm³/mol. The van der Waals surface area contributed by atoms with Crippen molar-refractivity contribution in [3.8, 4) is 0 Å². The number of nitrogen functional groups attached to an aromatic ring is 1. The van der Waals surface area contributed by atoms with Crippen molar-refractivity contribution in [3.05, 3.63) is 6.33 Å². The lowest BCUT2D eigenvalue weighted by molar-refractivity contribution is 0.149. The molecule has 2 aliphatic carbocycles. The van der Waals surface area contributed by atoms with Gasteiger partial charge in [0.25, 0.3) is 0 Å². The molecule has 136 valence electrons. The van der Waals surface area contributed by atoms with Gasteiger partial charge in [-0.05, 0) is 25.7 Å². The Morgan fingerprint density at radius 2 is 1.96 bits per heavy atom. The smallest absolute Gasteiger partial charge is 0.350 e. The third-order valence-electron chi connectivity index (χ3n) is 4.32. The highest BCUT2D eigenvalue weighted by molar-refractivity contribution is 7.51. The summed E-state index contributed by atoms with van der Waals surface area (Å²) in [7, 11) is -4.16. The third-order valence-corrected chi connectivity index (χ3v) is 4.84. The molecule has 0 radical (unpaired) electrons. The fraction of sp³-hybridized carbons (Fsp3) is 0.643. The van der Waals surface area contributed by atoms with Crippen LogP contribution in [0.15, 0.2) is 6.33 Å². The Labute approximate surface area is 144 Å². The van der Waals surface area contributed by atoms with Gasteiger partial charge in [0.2, 0.25) is 5.95 Å². The first-order valence-corrected chi connectivity index (χ1v) is 10.1. The molecule has 0 spiro atoms. The highest BCUT2D eigenvalue weighted by Gasteiger charge is 2.41. The van der Waals surface area contributed by atoms with Crippen LogP contribution in [0, 0.1) is 0 Å². The molecule has 11 heteroatoms. The van der Waals surface area contributed by atoms with E-state index in [-0.39, 0.29) is 12.6 Å². The van der Waals surface area contributed by atoms with Gasteiger partial charge in [-0.3, -0.25) is 4.57 Å². The maximum absolute atomic E-state index is 10.8. The first-order chi connectivity index (χ1) is 11.9. The molecule has 4 rings (SSSR count). The van der Waals surface area contributed by atoms with E-state index in [4.69, 9.17) is 20.3 Å². The molecule has 4 N–H and O–H groups in total. The lowest BCUT2D eigenvalue weighted by atomic mass is 10.3. The zero-order chi connectivity index (χ0) is 17.6. The van der Waals surface area contributed by atoms with Crippen LogP contribution in [-0.4, -0.2) is 54.3 Å². The minimum atomic E-state index is -4.16. The Morgan fingerprint density at radius 3 is 2.56 bits per heavy atom. The van der Waals surface area contributed by atoms with Crippen LogP contribution in [0.3, 0.4) is 0 Å². The maximum atomic E-state index is 10.8. The Balaban J connectivity index is 1.57. The van der Waals surface area contributed by atoms with Crippen molar-refractivity contribution in [2.24, 2.45) is 0 Å². The van der Waals surface area contributed by atoms with E-state index in [0.29, 0.717) is 29.8 Å². The second-order valence-corrected chi connectivity index (χ2v) is 8.17. The molecule has 2 aliphatic rings. The number of nitrogens with zero attached hydrogens (tertiary/aromatic N) is 5. The molecule has 25 heavy (non-hydrogen) atoms. The summed E-state index contributed by atoms with van der Waals surface area (Å²) in [5.74, 6) is 0.995. The number of ether oxygens (including phenoxy) is 1. The fourth-order valence-corrected chi connectivity index (χ4v) is 3.35. The molecule has 2 fully saturated rings. The van der Waals surface area contributed by atoms with Gasteiger partial charge in [-0.15, -0.1) is 0 Å². The summed E-state index contributed by atoms with van der Waals surface area (Å²) in [6, 6.07) is 1.03. The number of hydrogen-bond donors (Lipinski definition) is 3. The van der Waals surface area contributed by atoms with E-state index in [2.05, 4.69) is 19.9 Å². The topological polar surface area (TPSA) is 140 Å². The number of aromatic nitrogens is 4. The zero-order valence-electron chi connectivity index (χ0n) is 13.7. The second-order valence-electron chi connectivity index (χ2n) is 6.59. The Bertz CT molecular complexity index is 816. The van der Waals surface area contributed by atoms with Gasteiger partial charge in [0.1, 0.15) is 6.35 Å². The number of rotatable bonds is 8. The minimum absolute atomic E-state index is 0.144. The standard InChI is InChI=1S/C14H21N6O4P/c15-14-17-12-11(13(18-14)20(9-1-2-9)10-3-4-10)16-7-19(12)5-6-24-8-25(21,22)23/h7,9-10H,1-6,8H2,(H2,15,17,18)(H2,21,22,23). The largest absolute Gasteiger partial charge is 0.368 e. The van der Waals surface area contributed by atoms with Gasteiger partial charge in [-0.1, -0.05) is 0 Å². The second kappa shape index (κ2) is 6.21. The van der Waals surface area contributed by atoms with E-state index in [1.165, 1.54) is 25.7 Å². The van der Waals surface area contributed by atoms with Crippen LogP contribution >= 0.6 is 7.60 Å². The van der Waals surface area contributed by atoms with E-state index >= 15 is 0 Å². The summed E-state index contributed by atoms with van der Waals surface area (Å²) in [6.45, 7) is 0.518. The molecule has 0 unspecified atom stereocenters. The minimum Gasteiger partial charge on any atom is -0.368 e. The summed E-state index contributed by atoms with van der Waals surface area (Å²) in [4.78, 5) is 33.2. The van der Waals surface area contributed by atoms with E-state index in [9.17, 15) is 4.57 Å². The number of fused-ring (bicyclic) bond motifs is 1. The van der Waals surface area contributed by atoms with Gasteiger partial charge < -0.3 is 29.7 Å². The lowest BCUT2D eigenvalue weighted by Gasteiger charge is -2.23. The number of nitrogens with two attached hydrogens (primary N) is 1. The molecular weight excluding hydrogens is 347 g/mol. The summed E-state index contributed by atoms with van der Waals surface area (Å²) in [6.07, 6.45) is 5.70. The van der Waals surface area contributed by atoms with Crippen LogP contribution in [0.25, 0.3) is 11.2 Å². The molecule has 2 aromatic heterocycles. The van der Waals surface area contributed by atoms with E-state index < -0.39 is 13.9 Å². The molecule has 2 saturated carbocycles. The van der Waals surface area contributed by atoms with Crippen LogP contribution in [0.2, 0.25) is 0 Å². The van der Waals surface area contributed by atoms with Crippen LogP contribution in [-0.2, 0) is 15.8 Å². The van der Waals surface area contributed by atoms with Crippen molar-refractivity contribution in [2.45, 2.75) is 44.3 Å². The van der Waals surface area contributed by atoms with Gasteiger partial charge in [-0.25, -0.2) is 4.98 Å². The summed E-state index contributed by atoms with van der Waals surface area (Å²) in [5.41, 5.74) is 7.25. The monoisotopic (exact) mass is 368 g/mol. The highest BCUT2D eigenvalue weighted by atomic mass is 31.2. The molecule has 0 atom stereocenters. The van der Waals surface area contributed by atoms with Crippen molar-refractivity contribution in [1.82, 2.24) is 19.5 Å². The Kier molecular flexibility index (Phi) is 4.15. The molecule has 2 heterocycles. The molecule has 0 amide bonds. The molecule has 0 bridgehead atoms.